The van der Waals surface area contributed by atoms with Crippen LogP contribution in [0.25, 0.3) is 0 Å². The molecule has 3 nitrogen and oxygen atoms in total. The molecule has 0 aliphatic heterocycles. The van der Waals surface area contributed by atoms with Gasteiger partial charge >= 0.3 is 0 Å². The van der Waals surface area contributed by atoms with Crippen molar-refractivity contribution in [2.75, 3.05) is 0 Å². The van der Waals surface area contributed by atoms with Crippen molar-refractivity contribution < 1.29 is 4.79 Å². The molecule has 1 heterocycles. The van der Waals surface area contributed by atoms with Crippen LogP contribution in [-0.4, -0.2) is 11.6 Å². The average Bonchev–Trinajstić information content (AvgIpc) is 2.97. The van der Waals surface area contributed by atoms with Gasteiger partial charge in [-0.1, -0.05) is 6.07 Å². The summed E-state index contributed by atoms with van der Waals surface area (Å²) in [4.78, 5) is 12.8. The highest BCUT2D eigenvalue weighted by atomic mass is 32.1. The third kappa shape index (κ3) is 2.33. The van der Waals surface area contributed by atoms with E-state index >= 15 is 0 Å². The van der Waals surface area contributed by atoms with Crippen molar-refractivity contribution in [3.63, 3.8) is 0 Å². The van der Waals surface area contributed by atoms with Crippen LogP contribution in [0.2, 0.25) is 0 Å². The molecule has 21 heavy (non-hydrogen) atoms. The van der Waals surface area contributed by atoms with Crippen LogP contribution in [0.15, 0.2) is 22.6 Å². The molecule has 4 bridgehead atoms. The summed E-state index contributed by atoms with van der Waals surface area (Å²) < 4.78 is 0. The Bertz CT molecular complexity index is 540. The fourth-order valence-corrected chi connectivity index (χ4v) is 5.88. The van der Waals surface area contributed by atoms with E-state index in [-0.39, 0.29) is 11.3 Å². The van der Waals surface area contributed by atoms with Crippen LogP contribution >= 0.6 is 11.3 Å². The van der Waals surface area contributed by atoms with Crippen molar-refractivity contribution >= 4 is 23.0 Å². The quantitative estimate of drug-likeness (QED) is 0.663. The first-order valence-electron chi connectivity index (χ1n) is 8.03. The van der Waals surface area contributed by atoms with Gasteiger partial charge in [-0.25, -0.2) is 5.43 Å². The Morgan fingerprint density at radius 2 is 1.86 bits per heavy atom. The summed E-state index contributed by atoms with van der Waals surface area (Å²) in [5.74, 6) is 2.66. The largest absolute Gasteiger partial charge is 0.281 e. The predicted octanol–water partition coefficient (Wildman–Crippen LogP) is 4.07. The average molecular weight is 302 g/mol. The molecule has 4 heteroatoms. The van der Waals surface area contributed by atoms with Crippen molar-refractivity contribution in [2.45, 2.75) is 45.4 Å². The molecule has 4 saturated carbocycles. The van der Waals surface area contributed by atoms with Gasteiger partial charge in [-0.2, -0.15) is 5.10 Å². The van der Waals surface area contributed by atoms with Crippen LogP contribution in [-0.2, 0) is 0 Å². The number of hydrazone groups is 1. The second-order valence-corrected chi connectivity index (χ2v) is 8.26. The van der Waals surface area contributed by atoms with Crippen LogP contribution in [0.5, 0.6) is 0 Å². The van der Waals surface area contributed by atoms with E-state index in [4.69, 9.17) is 0 Å². The molecular formula is C17H22N2OS. The molecule has 1 aromatic heterocycles. The summed E-state index contributed by atoms with van der Waals surface area (Å²) in [6.45, 7) is 2.13. The van der Waals surface area contributed by atoms with Gasteiger partial charge in [-0.15, -0.1) is 11.3 Å². The fraction of sp³-hybridized carbons (Fsp3) is 0.647. The summed E-state index contributed by atoms with van der Waals surface area (Å²) in [5.41, 5.74) is 4.22. The van der Waals surface area contributed by atoms with Crippen molar-refractivity contribution in [2.24, 2.45) is 28.3 Å². The smallest absolute Gasteiger partial charge is 0.266 e. The third-order valence-electron chi connectivity index (χ3n) is 5.88. The molecule has 0 spiro atoms. The van der Waals surface area contributed by atoms with Crippen LogP contribution in [0.4, 0.5) is 0 Å². The van der Waals surface area contributed by atoms with Crippen molar-refractivity contribution in [3.8, 4) is 0 Å². The van der Waals surface area contributed by atoms with E-state index in [9.17, 15) is 4.79 Å². The number of thiophene rings is 1. The zero-order chi connectivity index (χ0) is 14.4. The van der Waals surface area contributed by atoms with Gasteiger partial charge in [0.25, 0.3) is 5.91 Å². The molecule has 4 fully saturated rings. The Morgan fingerprint density at radius 3 is 2.38 bits per heavy atom. The molecule has 5 rings (SSSR count). The maximum Gasteiger partial charge on any atom is 0.281 e. The molecule has 1 amide bonds. The van der Waals surface area contributed by atoms with Gasteiger partial charge < -0.3 is 0 Å². The van der Waals surface area contributed by atoms with Gasteiger partial charge in [0.15, 0.2) is 0 Å². The molecule has 0 saturated heterocycles. The third-order valence-corrected chi connectivity index (χ3v) is 6.74. The molecule has 112 valence electrons. The lowest BCUT2D eigenvalue weighted by Crippen LogP contribution is -2.49. The van der Waals surface area contributed by atoms with E-state index in [1.165, 1.54) is 49.9 Å². The van der Waals surface area contributed by atoms with Gasteiger partial charge in [0.1, 0.15) is 0 Å². The van der Waals surface area contributed by atoms with Gasteiger partial charge in [0.2, 0.25) is 0 Å². The van der Waals surface area contributed by atoms with E-state index in [0.717, 1.165) is 28.3 Å². The van der Waals surface area contributed by atoms with E-state index in [1.54, 1.807) is 0 Å². The first-order chi connectivity index (χ1) is 10.1. The lowest BCUT2D eigenvalue weighted by atomic mass is 9.48. The minimum Gasteiger partial charge on any atom is -0.266 e. The van der Waals surface area contributed by atoms with Gasteiger partial charge in [-0.3, -0.25) is 4.79 Å². The number of carbonyl (C=O) groups is 1. The molecule has 0 radical (unpaired) electrons. The summed E-state index contributed by atoms with van der Waals surface area (Å²) in [7, 11) is 0. The fourth-order valence-electron chi connectivity index (χ4n) is 5.27. The molecule has 4 aliphatic rings. The molecule has 0 aromatic carbocycles. The number of nitrogens with zero attached hydrogens (tertiary/aromatic N) is 1. The van der Waals surface area contributed by atoms with Gasteiger partial charge in [-0.05, 0) is 74.6 Å². The number of amides is 1. The SMILES string of the molecule is C/C(=N/NC(=O)c1cccs1)C12CC3CC(CC(C3)C1)C2. The number of nitrogens with one attached hydrogen (secondary N) is 1. The molecule has 4 aliphatic carbocycles. The minimum absolute atomic E-state index is 0.0749. The molecule has 0 unspecified atom stereocenters. The van der Waals surface area contributed by atoms with Crippen LogP contribution in [0, 0.1) is 23.2 Å². The Morgan fingerprint density at radius 1 is 1.24 bits per heavy atom. The van der Waals surface area contributed by atoms with E-state index in [1.807, 2.05) is 17.5 Å². The summed E-state index contributed by atoms with van der Waals surface area (Å²) >= 11 is 1.46. The van der Waals surface area contributed by atoms with Gasteiger partial charge in [0, 0.05) is 11.1 Å². The lowest BCUT2D eigenvalue weighted by Gasteiger charge is -2.56. The number of carbonyl (C=O) groups excluding carboxylic acids is 1. The van der Waals surface area contributed by atoms with Crippen molar-refractivity contribution in [3.05, 3.63) is 22.4 Å². The second-order valence-electron chi connectivity index (χ2n) is 7.31. The topological polar surface area (TPSA) is 41.5 Å². The summed E-state index contributed by atoms with van der Waals surface area (Å²) in [6, 6.07) is 3.74. The first-order valence-corrected chi connectivity index (χ1v) is 8.91. The van der Waals surface area contributed by atoms with E-state index in [2.05, 4.69) is 17.5 Å². The predicted molar refractivity (Wildman–Crippen MR) is 85.5 cm³/mol. The first kappa shape index (κ1) is 13.5. The number of hydrogen-bond donors (Lipinski definition) is 1. The van der Waals surface area contributed by atoms with Crippen LogP contribution in [0.1, 0.15) is 55.1 Å². The zero-order valence-electron chi connectivity index (χ0n) is 12.5. The maximum atomic E-state index is 12.0. The van der Waals surface area contributed by atoms with Gasteiger partial charge in [0.05, 0.1) is 4.88 Å². The molecule has 0 atom stereocenters. The highest BCUT2D eigenvalue weighted by Gasteiger charge is 2.52. The Labute approximate surface area is 129 Å². The molecular weight excluding hydrogens is 280 g/mol. The van der Waals surface area contributed by atoms with E-state index < -0.39 is 0 Å². The normalized spacial score (nSPS) is 37.8. The maximum absolute atomic E-state index is 12.0. The molecule has 1 aromatic rings. The second kappa shape index (κ2) is 4.94. The Balaban J connectivity index is 1.50. The zero-order valence-corrected chi connectivity index (χ0v) is 13.3. The van der Waals surface area contributed by atoms with Crippen LogP contribution < -0.4 is 5.43 Å². The monoisotopic (exact) mass is 302 g/mol. The van der Waals surface area contributed by atoms with Crippen molar-refractivity contribution in [1.29, 1.82) is 0 Å². The highest BCUT2D eigenvalue weighted by Crippen LogP contribution is 2.60. The standard InChI is InChI=1S/C17H22N2OS/c1-11(18-19-16(20)15-3-2-4-21-15)17-8-12-5-13(9-17)7-14(6-12)10-17/h2-4,12-14H,5-10H2,1H3,(H,19,20)/b18-11-. The number of rotatable bonds is 3. The highest BCUT2D eigenvalue weighted by molar-refractivity contribution is 7.12. The summed E-state index contributed by atoms with van der Waals surface area (Å²) in [6.07, 6.45) is 8.20. The Hall–Kier alpha value is -1.16. The summed E-state index contributed by atoms with van der Waals surface area (Å²) in [5, 5.41) is 6.42. The number of hydrogen-bond acceptors (Lipinski definition) is 3. The van der Waals surface area contributed by atoms with Crippen LogP contribution in [0.3, 0.4) is 0 Å². The van der Waals surface area contributed by atoms with Crippen molar-refractivity contribution in [1.82, 2.24) is 5.43 Å². The lowest BCUT2D eigenvalue weighted by molar-refractivity contribution is -0.0128. The van der Waals surface area contributed by atoms with E-state index in [0.29, 0.717) is 0 Å². The Kier molecular flexibility index (Phi) is 3.18. The minimum atomic E-state index is -0.0749. The molecule has 1 N–H and O–H groups in total.